The van der Waals surface area contributed by atoms with Crippen LogP contribution in [0.3, 0.4) is 0 Å². The first-order valence-corrected chi connectivity index (χ1v) is 12.2. The van der Waals surface area contributed by atoms with Crippen LogP contribution in [0, 0.1) is 5.92 Å². The van der Waals surface area contributed by atoms with Crippen LogP contribution in [0.1, 0.15) is 32.3 Å². The Hall–Kier alpha value is -2.26. The lowest BCUT2D eigenvalue weighted by molar-refractivity contribution is -0.136. The molecule has 0 aliphatic carbocycles. The van der Waals surface area contributed by atoms with Crippen LogP contribution < -0.4 is 9.47 Å². The predicted molar refractivity (Wildman–Crippen MR) is 129 cm³/mol. The fraction of sp³-hybridized carbons (Fsp3) is 0.435. The Balaban J connectivity index is 1.76. The Kier molecular flexibility index (Phi) is 8.42. The van der Waals surface area contributed by atoms with Crippen LogP contribution in [0.2, 0.25) is 0 Å². The van der Waals surface area contributed by atoms with Crippen molar-refractivity contribution in [3.63, 3.8) is 0 Å². The fourth-order valence-electron chi connectivity index (χ4n) is 3.50. The largest absolute Gasteiger partial charge is 0.490 e. The van der Waals surface area contributed by atoms with E-state index in [1.807, 2.05) is 6.92 Å². The van der Waals surface area contributed by atoms with Gasteiger partial charge in [-0.25, -0.2) is 0 Å². The molecule has 0 radical (unpaired) electrons. The standard InChI is InChI=1S/C23H27BrN2O5S/c1-4-10-31-21-17(24)11-16(12-18(21)30-5-2)13-19-22(28)26(23(29)32-19)14-20(27)25-8-6-15(3)7-9-25/h4,11-13,15H,1,5-10,14H2,2-3H3/b19-13+. The number of thioether (sulfide) groups is 1. The van der Waals surface area contributed by atoms with Crippen molar-refractivity contribution in [2.45, 2.75) is 26.7 Å². The number of hydrogen-bond acceptors (Lipinski definition) is 6. The number of carbonyl (C=O) groups is 3. The maximum absolute atomic E-state index is 12.9. The molecular formula is C23H27BrN2O5S. The van der Waals surface area contributed by atoms with Crippen LogP contribution in [0.25, 0.3) is 6.08 Å². The second-order valence-electron chi connectivity index (χ2n) is 7.69. The SMILES string of the molecule is C=CCOc1c(Br)cc(/C=C2/SC(=O)N(CC(=O)N3CCC(C)CC3)C2=O)cc1OCC. The molecule has 0 atom stereocenters. The van der Waals surface area contributed by atoms with E-state index >= 15 is 0 Å². The second kappa shape index (κ2) is 11.0. The highest BCUT2D eigenvalue weighted by atomic mass is 79.9. The summed E-state index contributed by atoms with van der Waals surface area (Å²) in [6.45, 7) is 9.55. The zero-order chi connectivity index (χ0) is 23.3. The summed E-state index contributed by atoms with van der Waals surface area (Å²) in [5, 5.41) is -0.435. The third kappa shape index (κ3) is 5.75. The van der Waals surface area contributed by atoms with Gasteiger partial charge in [-0.05, 0) is 77.1 Å². The molecule has 1 aromatic carbocycles. The van der Waals surface area contributed by atoms with E-state index in [1.165, 1.54) is 0 Å². The highest BCUT2D eigenvalue weighted by Gasteiger charge is 2.37. The van der Waals surface area contributed by atoms with Gasteiger partial charge >= 0.3 is 0 Å². The average molecular weight is 523 g/mol. The molecule has 0 unspecified atom stereocenters. The van der Waals surface area contributed by atoms with Gasteiger partial charge in [0.25, 0.3) is 11.1 Å². The van der Waals surface area contributed by atoms with Crippen molar-refractivity contribution in [1.82, 2.24) is 9.80 Å². The van der Waals surface area contributed by atoms with Gasteiger partial charge in [-0.2, -0.15) is 0 Å². The number of benzene rings is 1. The molecular weight excluding hydrogens is 496 g/mol. The number of rotatable bonds is 8. The smallest absolute Gasteiger partial charge is 0.294 e. The molecule has 0 aromatic heterocycles. The summed E-state index contributed by atoms with van der Waals surface area (Å²) in [6, 6.07) is 3.54. The summed E-state index contributed by atoms with van der Waals surface area (Å²) in [4.78, 5) is 41.0. The van der Waals surface area contributed by atoms with Gasteiger partial charge in [-0.3, -0.25) is 19.3 Å². The van der Waals surface area contributed by atoms with E-state index in [-0.39, 0.29) is 17.4 Å². The second-order valence-corrected chi connectivity index (χ2v) is 9.54. The Morgan fingerprint density at radius 1 is 1.28 bits per heavy atom. The molecule has 0 N–H and O–H groups in total. The maximum Gasteiger partial charge on any atom is 0.294 e. The van der Waals surface area contributed by atoms with Crippen molar-refractivity contribution in [3.05, 3.63) is 39.7 Å². The van der Waals surface area contributed by atoms with E-state index in [2.05, 4.69) is 29.4 Å². The molecule has 9 heteroatoms. The first-order valence-electron chi connectivity index (χ1n) is 10.6. The number of imide groups is 1. The predicted octanol–water partition coefficient (Wildman–Crippen LogP) is 4.71. The van der Waals surface area contributed by atoms with Crippen LogP contribution in [-0.2, 0) is 9.59 Å². The Morgan fingerprint density at radius 2 is 2.00 bits per heavy atom. The van der Waals surface area contributed by atoms with E-state index in [0.29, 0.717) is 53.8 Å². The fourth-order valence-corrected chi connectivity index (χ4v) is 4.91. The number of halogens is 1. The summed E-state index contributed by atoms with van der Waals surface area (Å²) in [6.07, 6.45) is 5.15. The average Bonchev–Trinajstić information content (AvgIpc) is 3.01. The van der Waals surface area contributed by atoms with Gasteiger partial charge in [0, 0.05) is 13.1 Å². The minimum Gasteiger partial charge on any atom is -0.490 e. The Labute approximate surface area is 200 Å². The van der Waals surface area contributed by atoms with E-state index in [4.69, 9.17) is 9.47 Å². The normalized spacial score (nSPS) is 18.4. The van der Waals surface area contributed by atoms with Crippen molar-refractivity contribution in [3.8, 4) is 11.5 Å². The number of amides is 3. The number of carbonyl (C=O) groups excluding carboxylic acids is 3. The first-order chi connectivity index (χ1) is 15.3. The molecule has 0 bridgehead atoms. The lowest BCUT2D eigenvalue weighted by Gasteiger charge is -2.31. The number of likely N-dealkylation sites (tertiary alicyclic amines) is 1. The summed E-state index contributed by atoms with van der Waals surface area (Å²) < 4.78 is 12.0. The van der Waals surface area contributed by atoms with Crippen molar-refractivity contribution >= 4 is 50.8 Å². The van der Waals surface area contributed by atoms with E-state index in [1.54, 1.807) is 29.2 Å². The third-order valence-electron chi connectivity index (χ3n) is 5.28. The minimum absolute atomic E-state index is 0.189. The van der Waals surface area contributed by atoms with E-state index < -0.39 is 11.1 Å². The summed E-state index contributed by atoms with van der Waals surface area (Å²) in [5.74, 6) is 1.00. The number of ether oxygens (including phenoxy) is 2. The van der Waals surface area contributed by atoms with Crippen LogP contribution in [-0.4, -0.2) is 59.7 Å². The number of piperidine rings is 1. The molecule has 3 amide bonds. The van der Waals surface area contributed by atoms with Gasteiger partial charge in [0.05, 0.1) is 16.0 Å². The van der Waals surface area contributed by atoms with Gasteiger partial charge in [0.15, 0.2) is 11.5 Å². The Bertz CT molecular complexity index is 941. The molecule has 0 saturated carbocycles. The summed E-state index contributed by atoms with van der Waals surface area (Å²) >= 11 is 4.32. The molecule has 3 rings (SSSR count). The van der Waals surface area contributed by atoms with Crippen molar-refractivity contribution in [2.75, 3.05) is 32.8 Å². The quantitative estimate of drug-likeness (QED) is 0.363. The zero-order valence-corrected chi connectivity index (χ0v) is 20.7. The van der Waals surface area contributed by atoms with Crippen LogP contribution in [0.15, 0.2) is 34.2 Å². The minimum atomic E-state index is -0.459. The van der Waals surface area contributed by atoms with E-state index in [0.717, 1.165) is 29.5 Å². The van der Waals surface area contributed by atoms with Crippen molar-refractivity contribution in [1.29, 1.82) is 0 Å². The highest BCUT2D eigenvalue weighted by Crippen LogP contribution is 2.39. The number of hydrogen-bond donors (Lipinski definition) is 0. The van der Waals surface area contributed by atoms with Crippen LogP contribution in [0.5, 0.6) is 11.5 Å². The topological polar surface area (TPSA) is 76.2 Å². The maximum atomic E-state index is 12.9. The first kappa shape index (κ1) is 24.4. The van der Waals surface area contributed by atoms with Crippen molar-refractivity contribution in [2.24, 2.45) is 5.92 Å². The molecule has 1 aromatic rings. The molecule has 2 aliphatic rings. The molecule has 32 heavy (non-hydrogen) atoms. The van der Waals surface area contributed by atoms with Crippen molar-refractivity contribution < 1.29 is 23.9 Å². The van der Waals surface area contributed by atoms with Gasteiger partial charge in [-0.15, -0.1) is 0 Å². The molecule has 2 saturated heterocycles. The third-order valence-corrected chi connectivity index (χ3v) is 6.77. The molecule has 172 valence electrons. The van der Waals surface area contributed by atoms with Crippen LogP contribution >= 0.6 is 27.7 Å². The Morgan fingerprint density at radius 3 is 2.66 bits per heavy atom. The lowest BCUT2D eigenvalue weighted by atomic mass is 9.99. The van der Waals surface area contributed by atoms with Gasteiger partial charge in [0.1, 0.15) is 13.2 Å². The van der Waals surface area contributed by atoms with Gasteiger partial charge in [0.2, 0.25) is 5.91 Å². The molecule has 2 aliphatic heterocycles. The lowest BCUT2D eigenvalue weighted by Crippen LogP contribution is -2.45. The molecule has 7 nitrogen and oxygen atoms in total. The summed E-state index contributed by atoms with van der Waals surface area (Å²) in [5.41, 5.74) is 0.674. The van der Waals surface area contributed by atoms with E-state index in [9.17, 15) is 14.4 Å². The molecule has 0 spiro atoms. The highest BCUT2D eigenvalue weighted by molar-refractivity contribution is 9.10. The molecule has 2 fully saturated rings. The zero-order valence-electron chi connectivity index (χ0n) is 18.3. The van der Waals surface area contributed by atoms with Gasteiger partial charge < -0.3 is 14.4 Å². The van der Waals surface area contributed by atoms with Gasteiger partial charge in [-0.1, -0.05) is 19.6 Å². The van der Waals surface area contributed by atoms with Crippen LogP contribution in [0.4, 0.5) is 4.79 Å². The summed E-state index contributed by atoms with van der Waals surface area (Å²) in [7, 11) is 0. The molecule has 2 heterocycles. The number of nitrogens with zero attached hydrogens (tertiary/aromatic N) is 2. The monoisotopic (exact) mass is 522 g/mol.